The summed E-state index contributed by atoms with van der Waals surface area (Å²) in [6.45, 7) is 0. The standard InChI is InChI=1S/C45H28N4S/c1-4-13-29(14-5-1)43-46-44(30-15-6-2-7-16-30)48-45(47-43)35-20-12-22-41-42(35)37-28-32(24-26-40(37)50-41)31-23-25-39-36(27-31)34-19-10-11-21-38(34)49(39)33-17-8-3-9-18-33/h1-28H/i1D,4D,5D,13D,14D. The molecule has 0 atom stereocenters. The molecule has 0 spiro atoms. The van der Waals surface area contributed by atoms with E-state index in [0.717, 1.165) is 53.6 Å². The highest BCUT2D eigenvalue weighted by molar-refractivity contribution is 7.26. The summed E-state index contributed by atoms with van der Waals surface area (Å²) < 4.78 is 46.7. The van der Waals surface area contributed by atoms with E-state index < -0.39 is 18.1 Å². The Kier molecular flexibility index (Phi) is 5.54. The fraction of sp³-hybridized carbons (Fsp3) is 0. The van der Waals surface area contributed by atoms with Crippen LogP contribution in [0.4, 0.5) is 0 Å². The van der Waals surface area contributed by atoms with Crippen molar-refractivity contribution in [2.75, 3.05) is 0 Å². The predicted octanol–water partition coefficient (Wildman–Crippen LogP) is 12.0. The Bertz CT molecular complexity index is 3130. The van der Waals surface area contributed by atoms with Crippen molar-refractivity contribution in [1.82, 2.24) is 19.5 Å². The van der Waals surface area contributed by atoms with Crippen molar-refractivity contribution in [1.29, 1.82) is 0 Å². The molecular weight excluding hydrogens is 629 g/mol. The van der Waals surface area contributed by atoms with Crippen LogP contribution in [0.1, 0.15) is 6.85 Å². The summed E-state index contributed by atoms with van der Waals surface area (Å²) >= 11 is 1.69. The van der Waals surface area contributed by atoms with Gasteiger partial charge in [-0.2, -0.15) is 0 Å². The number of benzene rings is 7. The molecule has 234 valence electrons. The fourth-order valence-corrected chi connectivity index (χ4v) is 8.00. The third kappa shape index (κ3) is 4.71. The van der Waals surface area contributed by atoms with Gasteiger partial charge in [0, 0.05) is 53.3 Å². The van der Waals surface area contributed by atoms with Crippen LogP contribution in [0.5, 0.6) is 0 Å². The maximum Gasteiger partial charge on any atom is 0.164 e. The van der Waals surface area contributed by atoms with Gasteiger partial charge in [0.15, 0.2) is 17.5 Å². The highest BCUT2D eigenvalue weighted by atomic mass is 32.1. The summed E-state index contributed by atoms with van der Waals surface area (Å²) in [7, 11) is 0. The Hall–Kier alpha value is -6.43. The van der Waals surface area contributed by atoms with Gasteiger partial charge in [-0.05, 0) is 59.7 Å². The van der Waals surface area contributed by atoms with E-state index >= 15 is 0 Å². The largest absolute Gasteiger partial charge is 0.309 e. The van der Waals surface area contributed by atoms with Gasteiger partial charge in [0.2, 0.25) is 0 Å². The zero-order valence-electron chi connectivity index (χ0n) is 31.5. The van der Waals surface area contributed by atoms with Gasteiger partial charge in [-0.3, -0.25) is 0 Å². The molecule has 3 heterocycles. The van der Waals surface area contributed by atoms with Gasteiger partial charge in [0.1, 0.15) is 0 Å². The topological polar surface area (TPSA) is 43.6 Å². The Morgan fingerprint density at radius 3 is 1.94 bits per heavy atom. The first-order valence-electron chi connectivity index (χ1n) is 18.8. The average molecular weight is 662 g/mol. The van der Waals surface area contributed by atoms with Gasteiger partial charge in [0.05, 0.1) is 17.9 Å². The monoisotopic (exact) mass is 661 g/mol. The molecule has 0 aliphatic heterocycles. The first kappa shape index (κ1) is 23.8. The molecule has 0 aliphatic carbocycles. The molecule has 5 heteroatoms. The summed E-state index contributed by atoms with van der Waals surface area (Å²) in [6, 6.07) is 45.5. The molecule has 0 radical (unpaired) electrons. The molecule has 10 aromatic rings. The maximum absolute atomic E-state index is 8.71. The van der Waals surface area contributed by atoms with Crippen molar-refractivity contribution >= 4 is 53.3 Å². The van der Waals surface area contributed by atoms with E-state index in [9.17, 15) is 0 Å². The molecule has 0 saturated heterocycles. The van der Waals surface area contributed by atoms with Crippen LogP contribution < -0.4 is 0 Å². The quantitative estimate of drug-likeness (QED) is 0.184. The molecule has 0 unspecified atom stereocenters. The second-order valence-electron chi connectivity index (χ2n) is 12.1. The third-order valence-electron chi connectivity index (χ3n) is 9.15. The van der Waals surface area contributed by atoms with Gasteiger partial charge in [-0.15, -0.1) is 11.3 Å². The number of hydrogen-bond donors (Lipinski definition) is 0. The first-order chi connectivity index (χ1) is 26.9. The van der Waals surface area contributed by atoms with Crippen molar-refractivity contribution in [3.8, 4) is 51.0 Å². The van der Waals surface area contributed by atoms with E-state index in [4.69, 9.17) is 21.8 Å². The van der Waals surface area contributed by atoms with E-state index in [-0.39, 0.29) is 23.5 Å². The van der Waals surface area contributed by atoms with Gasteiger partial charge in [-0.25, -0.2) is 15.0 Å². The lowest BCUT2D eigenvalue weighted by Gasteiger charge is -2.10. The van der Waals surface area contributed by atoms with Crippen LogP contribution in [0.3, 0.4) is 0 Å². The van der Waals surface area contributed by atoms with Gasteiger partial charge < -0.3 is 4.57 Å². The summed E-state index contributed by atoms with van der Waals surface area (Å²) in [4.78, 5) is 14.5. The van der Waals surface area contributed by atoms with Gasteiger partial charge in [-0.1, -0.05) is 121 Å². The minimum atomic E-state index is -0.470. The van der Waals surface area contributed by atoms with E-state index in [2.05, 4.69) is 95.6 Å². The third-order valence-corrected chi connectivity index (χ3v) is 10.3. The highest BCUT2D eigenvalue weighted by Gasteiger charge is 2.18. The Morgan fingerprint density at radius 1 is 0.460 bits per heavy atom. The summed E-state index contributed by atoms with van der Waals surface area (Å²) in [6.07, 6.45) is 0. The smallest absolute Gasteiger partial charge is 0.164 e. The van der Waals surface area contributed by atoms with Crippen molar-refractivity contribution < 1.29 is 6.85 Å². The molecule has 0 fully saturated rings. The maximum atomic E-state index is 8.71. The van der Waals surface area contributed by atoms with Crippen LogP contribution in [-0.2, 0) is 0 Å². The van der Waals surface area contributed by atoms with Crippen LogP contribution in [0.15, 0.2) is 170 Å². The molecule has 0 bridgehead atoms. The van der Waals surface area contributed by atoms with Crippen molar-refractivity contribution in [2.24, 2.45) is 0 Å². The predicted molar refractivity (Wildman–Crippen MR) is 209 cm³/mol. The lowest BCUT2D eigenvalue weighted by molar-refractivity contribution is 1.08. The average Bonchev–Trinajstić information content (AvgIpc) is 3.78. The number of para-hydroxylation sites is 2. The van der Waals surface area contributed by atoms with Crippen LogP contribution in [-0.4, -0.2) is 19.5 Å². The molecule has 7 aromatic carbocycles. The molecule has 0 amide bonds. The van der Waals surface area contributed by atoms with E-state index in [1.165, 1.54) is 10.8 Å². The molecule has 0 aliphatic rings. The lowest BCUT2D eigenvalue weighted by atomic mass is 9.99. The Morgan fingerprint density at radius 2 is 1.12 bits per heavy atom. The molecule has 3 aromatic heterocycles. The number of fused-ring (bicyclic) bond motifs is 6. The van der Waals surface area contributed by atoms with E-state index in [0.29, 0.717) is 17.2 Å². The zero-order chi connectivity index (χ0) is 37.4. The SMILES string of the molecule is [2H]c1c([2H])c([2H])c(-c2nc(-c3ccccc3)nc(-c3cccc4sc5ccc(-c6ccc7c(c6)c6ccccc6n7-c6ccccc6)cc5c34)n2)c([2H])c1[2H]. The normalized spacial score (nSPS) is 13.0. The summed E-state index contributed by atoms with van der Waals surface area (Å²) in [5, 5.41) is 4.38. The number of aromatic nitrogens is 4. The van der Waals surface area contributed by atoms with E-state index in [1.807, 2.05) is 48.5 Å². The second kappa shape index (κ2) is 11.6. The molecule has 10 rings (SSSR count). The van der Waals surface area contributed by atoms with Gasteiger partial charge in [0.25, 0.3) is 0 Å². The van der Waals surface area contributed by atoms with Crippen molar-refractivity contribution in [3.63, 3.8) is 0 Å². The summed E-state index contributed by atoms with van der Waals surface area (Å²) in [5.74, 6) is 0.704. The van der Waals surface area contributed by atoms with Crippen LogP contribution in [0.25, 0.3) is 93.0 Å². The number of thiophene rings is 1. The van der Waals surface area contributed by atoms with Crippen LogP contribution in [0, 0.1) is 0 Å². The minimum absolute atomic E-state index is 0.0149. The summed E-state index contributed by atoms with van der Waals surface area (Å²) in [5.41, 5.74) is 6.98. The molecule has 50 heavy (non-hydrogen) atoms. The van der Waals surface area contributed by atoms with Crippen LogP contribution in [0.2, 0.25) is 0 Å². The fourth-order valence-electron chi connectivity index (χ4n) is 6.89. The van der Waals surface area contributed by atoms with E-state index in [1.54, 1.807) is 11.3 Å². The molecule has 0 N–H and O–H groups in total. The molecule has 0 saturated carbocycles. The zero-order valence-corrected chi connectivity index (χ0v) is 27.3. The van der Waals surface area contributed by atoms with Crippen molar-refractivity contribution in [3.05, 3.63) is 170 Å². The lowest BCUT2D eigenvalue weighted by Crippen LogP contribution is -2.00. The first-order valence-corrected chi connectivity index (χ1v) is 17.1. The van der Waals surface area contributed by atoms with Crippen molar-refractivity contribution in [2.45, 2.75) is 0 Å². The Labute approximate surface area is 299 Å². The number of rotatable bonds is 5. The molecular formula is C45H28N4S. The minimum Gasteiger partial charge on any atom is -0.309 e. The number of nitrogens with zero attached hydrogens (tertiary/aromatic N) is 4. The number of hydrogen-bond acceptors (Lipinski definition) is 4. The highest BCUT2D eigenvalue weighted by Crippen LogP contribution is 2.42. The van der Waals surface area contributed by atoms with Gasteiger partial charge >= 0.3 is 0 Å². The molecule has 4 nitrogen and oxygen atoms in total. The van der Waals surface area contributed by atoms with Crippen LogP contribution >= 0.6 is 11.3 Å². The Balaban J connectivity index is 1.18. The second-order valence-corrected chi connectivity index (χ2v) is 13.2.